The van der Waals surface area contributed by atoms with Crippen LogP contribution in [0, 0.1) is 0 Å². The lowest BCUT2D eigenvalue weighted by atomic mass is 9.87. The lowest BCUT2D eigenvalue weighted by molar-refractivity contribution is -0.157. The third-order valence-corrected chi connectivity index (χ3v) is 3.13. The highest BCUT2D eigenvalue weighted by Gasteiger charge is 2.47. The predicted molar refractivity (Wildman–Crippen MR) is 54.0 cm³/mol. The van der Waals surface area contributed by atoms with E-state index >= 15 is 0 Å². The maximum absolute atomic E-state index is 12.4. The summed E-state index contributed by atoms with van der Waals surface area (Å²) in [4.78, 5) is 24.4. The Hall–Kier alpha value is -1.20. The molecule has 1 rings (SSSR count). The minimum Gasteiger partial charge on any atom is -0.345 e. The Morgan fingerprint density at radius 1 is 1.38 bits per heavy atom. The van der Waals surface area contributed by atoms with Gasteiger partial charge in [-0.3, -0.25) is 9.59 Å². The highest BCUT2D eigenvalue weighted by molar-refractivity contribution is 5.97. The maximum atomic E-state index is 12.4. The molecule has 0 bridgehead atoms. The van der Waals surface area contributed by atoms with Crippen molar-refractivity contribution in [3.8, 4) is 0 Å². The molecule has 1 N–H and O–H groups in total. The number of hydrogen-bond acceptors (Lipinski definition) is 2. The van der Waals surface area contributed by atoms with Gasteiger partial charge in [-0.25, -0.2) is 8.78 Å². The molecular formula is C10H16F2N2O2. The number of nitrogens with one attached hydrogen (secondary N) is 1. The molecule has 1 aliphatic heterocycles. The van der Waals surface area contributed by atoms with Crippen molar-refractivity contribution in [3.63, 3.8) is 0 Å². The van der Waals surface area contributed by atoms with E-state index in [0.29, 0.717) is 12.8 Å². The molecule has 92 valence electrons. The SMILES string of the molecule is CCC1(CC)C(=O)NCC(=O)N1CC(F)F. The number of piperazine rings is 1. The fraction of sp³-hybridized carbons (Fsp3) is 0.800. The molecule has 0 aromatic carbocycles. The van der Waals surface area contributed by atoms with Crippen LogP contribution in [0.25, 0.3) is 0 Å². The Balaban J connectivity index is 3.03. The smallest absolute Gasteiger partial charge is 0.255 e. The van der Waals surface area contributed by atoms with E-state index < -0.39 is 24.4 Å². The Labute approximate surface area is 93.0 Å². The molecule has 1 saturated heterocycles. The predicted octanol–water partition coefficient (Wildman–Crippen LogP) is 0.769. The Morgan fingerprint density at radius 2 is 1.94 bits per heavy atom. The van der Waals surface area contributed by atoms with Gasteiger partial charge in [0, 0.05) is 0 Å². The van der Waals surface area contributed by atoms with Crippen LogP contribution in [0.5, 0.6) is 0 Å². The van der Waals surface area contributed by atoms with Gasteiger partial charge in [-0.1, -0.05) is 13.8 Å². The van der Waals surface area contributed by atoms with Crippen molar-refractivity contribution < 1.29 is 18.4 Å². The van der Waals surface area contributed by atoms with Crippen LogP contribution < -0.4 is 5.32 Å². The molecule has 0 aliphatic carbocycles. The van der Waals surface area contributed by atoms with E-state index in [0.717, 1.165) is 4.90 Å². The van der Waals surface area contributed by atoms with Crippen LogP contribution in [-0.4, -0.2) is 41.8 Å². The topological polar surface area (TPSA) is 49.4 Å². The molecule has 0 atom stereocenters. The summed E-state index contributed by atoms with van der Waals surface area (Å²) in [5, 5.41) is 2.45. The van der Waals surface area contributed by atoms with E-state index in [1.54, 1.807) is 13.8 Å². The monoisotopic (exact) mass is 234 g/mol. The molecule has 1 heterocycles. The van der Waals surface area contributed by atoms with Crippen molar-refractivity contribution in [2.45, 2.75) is 38.7 Å². The van der Waals surface area contributed by atoms with Crippen molar-refractivity contribution in [1.29, 1.82) is 0 Å². The summed E-state index contributed by atoms with van der Waals surface area (Å²) in [5.41, 5.74) is -1.11. The summed E-state index contributed by atoms with van der Waals surface area (Å²) in [7, 11) is 0. The van der Waals surface area contributed by atoms with Crippen LogP contribution >= 0.6 is 0 Å². The average molecular weight is 234 g/mol. The molecule has 0 aromatic rings. The number of nitrogens with zero attached hydrogens (tertiary/aromatic N) is 1. The fourth-order valence-corrected chi connectivity index (χ4v) is 2.14. The normalized spacial score (nSPS) is 20.2. The van der Waals surface area contributed by atoms with E-state index in [1.165, 1.54) is 0 Å². The number of rotatable bonds is 4. The Kier molecular flexibility index (Phi) is 3.83. The summed E-state index contributed by atoms with van der Waals surface area (Å²) < 4.78 is 24.8. The highest BCUT2D eigenvalue weighted by Crippen LogP contribution is 2.27. The van der Waals surface area contributed by atoms with Crippen molar-refractivity contribution in [1.82, 2.24) is 10.2 Å². The number of amides is 2. The van der Waals surface area contributed by atoms with E-state index in [1.807, 2.05) is 0 Å². The van der Waals surface area contributed by atoms with Crippen molar-refractivity contribution in [3.05, 3.63) is 0 Å². The van der Waals surface area contributed by atoms with Crippen LogP contribution in [0.2, 0.25) is 0 Å². The molecule has 4 nitrogen and oxygen atoms in total. The van der Waals surface area contributed by atoms with E-state index in [2.05, 4.69) is 5.32 Å². The van der Waals surface area contributed by atoms with E-state index in [-0.39, 0.29) is 12.5 Å². The van der Waals surface area contributed by atoms with Crippen LogP contribution in [0.4, 0.5) is 8.78 Å². The summed E-state index contributed by atoms with van der Waals surface area (Å²) in [6, 6.07) is 0. The second-order valence-electron chi connectivity index (χ2n) is 3.82. The summed E-state index contributed by atoms with van der Waals surface area (Å²) in [6.45, 7) is 2.58. The first kappa shape index (κ1) is 12.9. The molecule has 16 heavy (non-hydrogen) atoms. The molecule has 6 heteroatoms. The lowest BCUT2D eigenvalue weighted by Crippen LogP contribution is -2.67. The summed E-state index contributed by atoms with van der Waals surface area (Å²) in [5.74, 6) is -0.777. The quantitative estimate of drug-likeness (QED) is 0.781. The second-order valence-corrected chi connectivity index (χ2v) is 3.82. The first-order chi connectivity index (χ1) is 7.47. The first-order valence-corrected chi connectivity index (χ1v) is 5.34. The summed E-state index contributed by atoms with van der Waals surface area (Å²) in [6.07, 6.45) is -1.94. The molecule has 0 unspecified atom stereocenters. The lowest BCUT2D eigenvalue weighted by Gasteiger charge is -2.44. The zero-order valence-corrected chi connectivity index (χ0v) is 9.43. The number of hydrogen-bond donors (Lipinski definition) is 1. The highest BCUT2D eigenvalue weighted by atomic mass is 19.3. The molecule has 1 fully saturated rings. The fourth-order valence-electron chi connectivity index (χ4n) is 2.14. The molecule has 0 radical (unpaired) electrons. The Morgan fingerprint density at radius 3 is 2.38 bits per heavy atom. The molecule has 1 aliphatic rings. The standard InChI is InChI=1S/C10H16F2N2O2/c1-3-10(4-2)9(16)13-5-8(15)14(10)6-7(11)12/h7H,3-6H2,1-2H3,(H,13,16). The van der Waals surface area contributed by atoms with Gasteiger partial charge in [0.05, 0.1) is 13.1 Å². The average Bonchev–Trinajstić information content (AvgIpc) is 2.24. The first-order valence-electron chi connectivity index (χ1n) is 5.34. The van der Waals surface area contributed by atoms with E-state index in [9.17, 15) is 18.4 Å². The molecular weight excluding hydrogens is 218 g/mol. The van der Waals surface area contributed by atoms with Crippen LogP contribution in [0.1, 0.15) is 26.7 Å². The van der Waals surface area contributed by atoms with Crippen molar-refractivity contribution in [2.24, 2.45) is 0 Å². The third-order valence-electron chi connectivity index (χ3n) is 3.13. The van der Waals surface area contributed by atoms with Crippen molar-refractivity contribution >= 4 is 11.8 Å². The molecule has 2 amide bonds. The van der Waals surface area contributed by atoms with Crippen LogP contribution in [-0.2, 0) is 9.59 Å². The molecule has 0 spiro atoms. The number of halogens is 2. The van der Waals surface area contributed by atoms with Gasteiger partial charge in [-0.05, 0) is 12.8 Å². The van der Waals surface area contributed by atoms with Gasteiger partial charge in [0.25, 0.3) is 6.43 Å². The zero-order valence-electron chi connectivity index (χ0n) is 9.43. The van der Waals surface area contributed by atoms with Gasteiger partial charge in [0.2, 0.25) is 11.8 Å². The van der Waals surface area contributed by atoms with Gasteiger partial charge in [-0.15, -0.1) is 0 Å². The third kappa shape index (κ3) is 2.01. The second kappa shape index (κ2) is 4.76. The maximum Gasteiger partial charge on any atom is 0.255 e. The van der Waals surface area contributed by atoms with E-state index in [4.69, 9.17) is 0 Å². The van der Waals surface area contributed by atoms with Gasteiger partial charge in [0.1, 0.15) is 5.54 Å². The van der Waals surface area contributed by atoms with Gasteiger partial charge in [0.15, 0.2) is 0 Å². The van der Waals surface area contributed by atoms with Gasteiger partial charge >= 0.3 is 0 Å². The number of carbonyl (C=O) groups excluding carboxylic acids is 2. The largest absolute Gasteiger partial charge is 0.345 e. The molecule has 0 aromatic heterocycles. The van der Waals surface area contributed by atoms with Gasteiger partial charge < -0.3 is 10.2 Å². The Bertz CT molecular complexity index is 291. The molecule has 0 saturated carbocycles. The van der Waals surface area contributed by atoms with Crippen LogP contribution in [0.3, 0.4) is 0 Å². The zero-order chi connectivity index (χ0) is 12.3. The minimum atomic E-state index is -2.62. The minimum absolute atomic E-state index is 0.187. The van der Waals surface area contributed by atoms with Gasteiger partial charge in [-0.2, -0.15) is 0 Å². The van der Waals surface area contributed by atoms with Crippen molar-refractivity contribution in [2.75, 3.05) is 13.1 Å². The number of alkyl halides is 2. The summed E-state index contributed by atoms with van der Waals surface area (Å²) >= 11 is 0. The van der Waals surface area contributed by atoms with Crippen LogP contribution in [0.15, 0.2) is 0 Å². The number of carbonyl (C=O) groups is 2.